The molecule has 7 heteroatoms. The third-order valence-corrected chi connectivity index (χ3v) is 2.13. The van der Waals surface area contributed by atoms with E-state index in [-0.39, 0.29) is 17.0 Å². The highest BCUT2D eigenvalue weighted by Gasteiger charge is 2.16. The highest BCUT2D eigenvalue weighted by atomic mass is 32.2. The molecule has 0 unspecified atom stereocenters. The summed E-state index contributed by atoms with van der Waals surface area (Å²) in [5.41, 5.74) is 5.75. The van der Waals surface area contributed by atoms with Crippen molar-refractivity contribution in [3.8, 4) is 5.75 Å². The van der Waals surface area contributed by atoms with Crippen LogP contribution in [-0.2, 0) is 14.9 Å². The number of carbonyl (C=O) groups excluding carboxylic acids is 1. The number of ether oxygens (including phenoxy) is 1. The lowest BCUT2D eigenvalue weighted by molar-refractivity contribution is 0.0599. The molecule has 0 aliphatic rings. The second kappa shape index (κ2) is 4.40. The van der Waals surface area contributed by atoms with E-state index in [4.69, 9.17) is 5.73 Å². The molecule has 0 bridgehead atoms. The maximum Gasteiger partial charge on any atom is 0.341 e. The van der Waals surface area contributed by atoms with Gasteiger partial charge in [-0.25, -0.2) is 4.79 Å². The number of hydrogen-bond acceptors (Lipinski definition) is 6. The van der Waals surface area contributed by atoms with Gasteiger partial charge in [-0.05, 0) is 12.1 Å². The van der Waals surface area contributed by atoms with Crippen molar-refractivity contribution < 1.29 is 22.1 Å². The Labute approximate surface area is 93.1 Å². The fourth-order valence-corrected chi connectivity index (χ4v) is 1.51. The molecule has 0 radical (unpaired) electrons. The van der Waals surface area contributed by atoms with Crippen LogP contribution in [0.5, 0.6) is 5.75 Å². The Bertz CT molecular complexity index is 509. The smallest absolute Gasteiger partial charge is 0.341 e. The summed E-state index contributed by atoms with van der Waals surface area (Å²) in [6, 6.07) is 4.02. The molecule has 0 aliphatic heterocycles. The summed E-state index contributed by atoms with van der Waals surface area (Å²) >= 11 is 0. The van der Waals surface area contributed by atoms with E-state index >= 15 is 0 Å². The Balaban J connectivity index is 3.23. The fraction of sp³-hybridized carbons (Fsp3) is 0.222. The molecule has 1 rings (SSSR count). The van der Waals surface area contributed by atoms with Crippen LogP contribution in [0, 0.1) is 0 Å². The Morgan fingerprint density at radius 1 is 1.38 bits per heavy atom. The normalized spacial score (nSPS) is 10.9. The molecule has 88 valence electrons. The van der Waals surface area contributed by atoms with E-state index in [0.29, 0.717) is 0 Å². The van der Waals surface area contributed by atoms with E-state index < -0.39 is 16.1 Å². The van der Waals surface area contributed by atoms with Gasteiger partial charge < -0.3 is 14.7 Å². The summed E-state index contributed by atoms with van der Waals surface area (Å²) in [6.07, 6.45) is 0.872. The van der Waals surface area contributed by atoms with Gasteiger partial charge in [-0.2, -0.15) is 8.42 Å². The molecule has 1 aromatic rings. The minimum atomic E-state index is -3.72. The Morgan fingerprint density at radius 3 is 2.50 bits per heavy atom. The average Bonchev–Trinajstić information content (AvgIpc) is 2.14. The molecule has 0 aromatic heterocycles. The second-order valence-electron chi connectivity index (χ2n) is 3.03. The highest BCUT2D eigenvalue weighted by Crippen LogP contribution is 2.23. The summed E-state index contributed by atoms with van der Waals surface area (Å²) in [5, 5.41) is 0. The molecule has 1 aromatic carbocycles. The molecule has 0 amide bonds. The minimum absolute atomic E-state index is 0.00197. The first-order valence-corrected chi connectivity index (χ1v) is 6.02. The fourth-order valence-electron chi connectivity index (χ4n) is 1.05. The molecule has 0 spiro atoms. The summed E-state index contributed by atoms with van der Waals surface area (Å²) in [5.74, 6) is -0.840. The highest BCUT2D eigenvalue weighted by molar-refractivity contribution is 7.86. The SMILES string of the molecule is COC(=O)c1ccc(N)cc1OS(C)(=O)=O. The lowest BCUT2D eigenvalue weighted by Crippen LogP contribution is -2.11. The summed E-state index contributed by atoms with van der Waals surface area (Å²) in [7, 11) is -2.54. The van der Waals surface area contributed by atoms with Crippen LogP contribution < -0.4 is 9.92 Å². The summed E-state index contributed by atoms with van der Waals surface area (Å²) in [6.45, 7) is 0. The number of rotatable bonds is 3. The minimum Gasteiger partial charge on any atom is -0.465 e. The zero-order valence-electron chi connectivity index (χ0n) is 8.76. The van der Waals surface area contributed by atoms with Crippen molar-refractivity contribution in [2.24, 2.45) is 0 Å². The van der Waals surface area contributed by atoms with Crippen LogP contribution >= 0.6 is 0 Å². The third kappa shape index (κ3) is 3.13. The molecular formula is C9H11NO5S. The van der Waals surface area contributed by atoms with Gasteiger partial charge in [0.1, 0.15) is 5.56 Å². The number of esters is 1. The Morgan fingerprint density at radius 2 is 2.00 bits per heavy atom. The second-order valence-corrected chi connectivity index (χ2v) is 4.61. The average molecular weight is 245 g/mol. The van der Waals surface area contributed by atoms with Crippen LogP contribution in [0.25, 0.3) is 0 Å². The van der Waals surface area contributed by atoms with Crippen molar-refractivity contribution in [1.29, 1.82) is 0 Å². The van der Waals surface area contributed by atoms with Gasteiger partial charge in [0.05, 0.1) is 13.4 Å². The third-order valence-electron chi connectivity index (χ3n) is 1.65. The van der Waals surface area contributed by atoms with E-state index in [1.807, 2.05) is 0 Å². The van der Waals surface area contributed by atoms with E-state index in [0.717, 1.165) is 6.26 Å². The van der Waals surface area contributed by atoms with Crippen molar-refractivity contribution in [3.63, 3.8) is 0 Å². The topological polar surface area (TPSA) is 95.7 Å². The lowest BCUT2D eigenvalue weighted by atomic mass is 10.2. The maximum atomic E-state index is 11.3. The first-order valence-electron chi connectivity index (χ1n) is 4.21. The van der Waals surface area contributed by atoms with Gasteiger partial charge in [-0.1, -0.05) is 0 Å². The largest absolute Gasteiger partial charge is 0.465 e. The Kier molecular flexibility index (Phi) is 3.38. The van der Waals surface area contributed by atoms with Gasteiger partial charge in [0.2, 0.25) is 0 Å². The monoisotopic (exact) mass is 245 g/mol. The van der Waals surface area contributed by atoms with Gasteiger partial charge >= 0.3 is 16.1 Å². The predicted octanol–water partition coefficient (Wildman–Crippen LogP) is 0.394. The molecule has 0 saturated heterocycles. The van der Waals surface area contributed by atoms with E-state index in [2.05, 4.69) is 8.92 Å². The molecule has 0 fully saturated rings. The van der Waals surface area contributed by atoms with Crippen LogP contribution in [0.15, 0.2) is 18.2 Å². The zero-order valence-corrected chi connectivity index (χ0v) is 9.58. The quantitative estimate of drug-likeness (QED) is 0.470. The van der Waals surface area contributed by atoms with Crippen LogP contribution in [0.4, 0.5) is 5.69 Å². The molecule has 0 atom stereocenters. The van der Waals surface area contributed by atoms with Gasteiger partial charge in [0.25, 0.3) is 0 Å². The number of hydrogen-bond donors (Lipinski definition) is 1. The number of nitrogen functional groups attached to an aromatic ring is 1. The lowest BCUT2D eigenvalue weighted by Gasteiger charge is -2.08. The summed E-state index contributed by atoms with van der Waals surface area (Å²) < 4.78 is 31.0. The van der Waals surface area contributed by atoms with Crippen LogP contribution in [0.2, 0.25) is 0 Å². The van der Waals surface area contributed by atoms with Crippen molar-refractivity contribution in [3.05, 3.63) is 23.8 Å². The number of methoxy groups -OCH3 is 1. The van der Waals surface area contributed by atoms with Gasteiger partial charge in [0, 0.05) is 11.8 Å². The molecule has 16 heavy (non-hydrogen) atoms. The molecule has 0 saturated carbocycles. The Hall–Kier alpha value is -1.76. The predicted molar refractivity (Wildman–Crippen MR) is 57.7 cm³/mol. The molecule has 6 nitrogen and oxygen atoms in total. The van der Waals surface area contributed by atoms with E-state index in [9.17, 15) is 13.2 Å². The van der Waals surface area contributed by atoms with Crippen LogP contribution in [-0.4, -0.2) is 27.8 Å². The van der Waals surface area contributed by atoms with Gasteiger partial charge in [-0.15, -0.1) is 0 Å². The van der Waals surface area contributed by atoms with E-state index in [1.165, 1.54) is 25.3 Å². The van der Waals surface area contributed by atoms with Crippen molar-refractivity contribution in [2.45, 2.75) is 0 Å². The number of nitrogens with two attached hydrogens (primary N) is 1. The molecule has 2 N–H and O–H groups in total. The van der Waals surface area contributed by atoms with E-state index in [1.54, 1.807) is 0 Å². The maximum absolute atomic E-state index is 11.3. The van der Waals surface area contributed by atoms with Crippen LogP contribution in [0.3, 0.4) is 0 Å². The number of anilines is 1. The first-order chi connectivity index (χ1) is 7.33. The van der Waals surface area contributed by atoms with Crippen LogP contribution in [0.1, 0.15) is 10.4 Å². The molecule has 0 heterocycles. The molecular weight excluding hydrogens is 234 g/mol. The van der Waals surface area contributed by atoms with Gasteiger partial charge in [-0.3, -0.25) is 0 Å². The molecule has 0 aliphatic carbocycles. The standard InChI is InChI=1S/C9H11NO5S/c1-14-9(11)7-4-3-6(10)5-8(7)15-16(2,12)13/h3-5H,10H2,1-2H3. The van der Waals surface area contributed by atoms with Crippen molar-refractivity contribution in [1.82, 2.24) is 0 Å². The number of benzene rings is 1. The number of carbonyl (C=O) groups is 1. The van der Waals surface area contributed by atoms with Crippen molar-refractivity contribution in [2.75, 3.05) is 19.1 Å². The first kappa shape index (κ1) is 12.3. The summed E-state index contributed by atoms with van der Waals surface area (Å²) in [4.78, 5) is 11.3. The zero-order chi connectivity index (χ0) is 12.3. The van der Waals surface area contributed by atoms with Crippen molar-refractivity contribution >= 4 is 21.8 Å². The van der Waals surface area contributed by atoms with Gasteiger partial charge in [0.15, 0.2) is 5.75 Å².